The molecule has 264 valence electrons. The minimum absolute atomic E-state index is 0.0217. The molecule has 2 aromatic rings. The van der Waals surface area contributed by atoms with Gasteiger partial charge in [0.1, 0.15) is 54.5 Å². The van der Waals surface area contributed by atoms with Crippen LogP contribution in [0.1, 0.15) is 98.8 Å². The molecule has 2 aliphatic carbocycles. The first-order chi connectivity index (χ1) is 23.6. The number of benzene rings is 2. The van der Waals surface area contributed by atoms with E-state index in [2.05, 4.69) is 0 Å². The van der Waals surface area contributed by atoms with Crippen LogP contribution in [-0.4, -0.2) is 62.2 Å². The van der Waals surface area contributed by atoms with E-state index in [1.54, 1.807) is 24.3 Å². The molecule has 0 aliphatic heterocycles. The van der Waals surface area contributed by atoms with Crippen molar-refractivity contribution in [3.05, 3.63) is 59.7 Å². The highest BCUT2D eigenvalue weighted by molar-refractivity contribution is 5.94. The summed E-state index contributed by atoms with van der Waals surface area (Å²) in [7, 11) is 0. The van der Waals surface area contributed by atoms with E-state index < -0.39 is 67.7 Å². The molecule has 2 saturated carbocycles. The lowest BCUT2D eigenvalue weighted by Gasteiger charge is -2.33. The van der Waals surface area contributed by atoms with Gasteiger partial charge in [-0.25, -0.2) is 9.59 Å². The maximum atomic E-state index is 13.4. The summed E-state index contributed by atoms with van der Waals surface area (Å²) in [6.07, 6.45) is 8.31. The molecule has 2 aliphatic rings. The first-order valence-electron chi connectivity index (χ1n) is 16.8. The van der Waals surface area contributed by atoms with Gasteiger partial charge in [-0.05, 0) is 49.9 Å². The van der Waals surface area contributed by atoms with Gasteiger partial charge in [-0.3, -0.25) is 19.2 Å². The van der Waals surface area contributed by atoms with Crippen LogP contribution in [0, 0.1) is 17.3 Å². The molecule has 12 nitrogen and oxygen atoms in total. The number of carbonyl (C=O) groups is 6. The van der Waals surface area contributed by atoms with Gasteiger partial charge in [-0.15, -0.1) is 0 Å². The van der Waals surface area contributed by atoms with Crippen molar-refractivity contribution in [2.75, 3.05) is 26.4 Å². The summed E-state index contributed by atoms with van der Waals surface area (Å²) in [6, 6.07) is 12.0. The van der Waals surface area contributed by atoms with Crippen molar-refractivity contribution in [3.63, 3.8) is 0 Å². The van der Waals surface area contributed by atoms with Crippen molar-refractivity contribution >= 4 is 35.8 Å². The molecular formula is C37H44O12. The summed E-state index contributed by atoms with van der Waals surface area (Å²) in [5.74, 6) is -4.57. The predicted octanol–water partition coefficient (Wildman–Crippen LogP) is 5.78. The van der Waals surface area contributed by atoms with Crippen LogP contribution in [0.25, 0.3) is 0 Å². The zero-order valence-electron chi connectivity index (χ0n) is 28.1. The van der Waals surface area contributed by atoms with E-state index in [1.165, 1.54) is 38.1 Å². The smallest absolute Gasteiger partial charge is 0.341 e. The Hall–Kier alpha value is -4.74. The van der Waals surface area contributed by atoms with Crippen LogP contribution in [-0.2, 0) is 38.1 Å². The third-order valence-electron chi connectivity index (χ3n) is 8.66. The van der Waals surface area contributed by atoms with E-state index in [1.807, 2.05) is 0 Å². The van der Waals surface area contributed by atoms with Crippen LogP contribution in [0.5, 0.6) is 11.5 Å². The van der Waals surface area contributed by atoms with Crippen LogP contribution in [0.3, 0.4) is 0 Å². The molecule has 0 unspecified atom stereocenters. The van der Waals surface area contributed by atoms with Gasteiger partial charge in [-0.1, -0.05) is 62.8 Å². The number of ether oxygens (including phenoxy) is 6. The van der Waals surface area contributed by atoms with E-state index in [0.29, 0.717) is 25.7 Å². The normalized spacial score (nSPS) is 15.4. The summed E-state index contributed by atoms with van der Waals surface area (Å²) in [4.78, 5) is 76.5. The molecule has 0 aromatic heterocycles. The lowest BCUT2D eigenvalue weighted by molar-refractivity contribution is -0.165. The van der Waals surface area contributed by atoms with E-state index >= 15 is 0 Å². The number of esters is 6. The molecule has 0 saturated heterocycles. The molecule has 4 rings (SSSR count). The van der Waals surface area contributed by atoms with Crippen LogP contribution >= 0.6 is 0 Å². The number of para-hydroxylation sites is 2. The number of rotatable bonds is 14. The van der Waals surface area contributed by atoms with Crippen molar-refractivity contribution in [1.82, 2.24) is 0 Å². The average Bonchev–Trinajstić information content (AvgIpc) is 3.11. The first kappa shape index (κ1) is 37.1. The summed E-state index contributed by atoms with van der Waals surface area (Å²) in [5, 5.41) is 0. The van der Waals surface area contributed by atoms with Gasteiger partial charge in [0.25, 0.3) is 0 Å². The molecule has 2 fully saturated rings. The van der Waals surface area contributed by atoms with E-state index in [0.717, 1.165) is 38.5 Å². The fraction of sp³-hybridized carbons (Fsp3) is 0.514. The van der Waals surface area contributed by atoms with Crippen LogP contribution in [0.15, 0.2) is 48.5 Å². The summed E-state index contributed by atoms with van der Waals surface area (Å²) < 4.78 is 33.4. The number of hydrogen-bond acceptors (Lipinski definition) is 12. The Labute approximate surface area is 285 Å². The van der Waals surface area contributed by atoms with E-state index in [-0.39, 0.29) is 34.5 Å². The second-order valence-electron chi connectivity index (χ2n) is 12.7. The minimum atomic E-state index is -1.53. The molecule has 2 aromatic carbocycles. The lowest BCUT2D eigenvalue weighted by Crippen LogP contribution is -2.45. The fourth-order valence-corrected chi connectivity index (χ4v) is 5.96. The maximum Gasteiger partial charge on any atom is 0.341 e. The Morgan fingerprint density at radius 1 is 0.531 bits per heavy atom. The number of carbonyl (C=O) groups excluding carboxylic acids is 6. The largest absolute Gasteiger partial charge is 0.464 e. The van der Waals surface area contributed by atoms with Crippen molar-refractivity contribution < 1.29 is 57.2 Å². The van der Waals surface area contributed by atoms with Crippen molar-refractivity contribution in [2.45, 2.75) is 78.1 Å². The van der Waals surface area contributed by atoms with Gasteiger partial charge in [0.15, 0.2) is 0 Å². The second-order valence-corrected chi connectivity index (χ2v) is 12.7. The van der Waals surface area contributed by atoms with Crippen molar-refractivity contribution in [2.24, 2.45) is 17.3 Å². The number of hydrogen-bond donors (Lipinski definition) is 0. The quantitative estimate of drug-likeness (QED) is 0.135. The highest BCUT2D eigenvalue weighted by atomic mass is 16.6. The zero-order valence-corrected chi connectivity index (χ0v) is 28.1. The minimum Gasteiger partial charge on any atom is -0.464 e. The average molecular weight is 681 g/mol. The molecule has 0 amide bonds. The highest BCUT2D eigenvalue weighted by Gasteiger charge is 2.40. The molecule has 0 radical (unpaired) electrons. The monoisotopic (exact) mass is 680 g/mol. The molecule has 0 N–H and O–H groups in total. The molecule has 0 bridgehead atoms. The van der Waals surface area contributed by atoms with Gasteiger partial charge in [0, 0.05) is 13.8 Å². The van der Waals surface area contributed by atoms with Crippen molar-refractivity contribution in [1.29, 1.82) is 0 Å². The Kier molecular flexibility index (Phi) is 13.7. The third kappa shape index (κ3) is 11.2. The topological polar surface area (TPSA) is 158 Å². The Morgan fingerprint density at radius 3 is 1.24 bits per heavy atom. The molecule has 0 atom stereocenters. The Morgan fingerprint density at radius 2 is 0.878 bits per heavy atom. The van der Waals surface area contributed by atoms with E-state index in [9.17, 15) is 28.8 Å². The highest BCUT2D eigenvalue weighted by Crippen LogP contribution is 2.30. The SMILES string of the molecule is CC(=O)Oc1ccccc1C(=O)OCC(COC(=O)c1ccccc1OC(C)=O)(COC(=O)C1CCCCC1)COC(=O)C1CCCCC1. The maximum absolute atomic E-state index is 13.4. The molecule has 49 heavy (non-hydrogen) atoms. The Bertz CT molecular complexity index is 1370. The van der Waals surface area contributed by atoms with Gasteiger partial charge in [0.05, 0.1) is 11.8 Å². The standard InChI is InChI=1S/C37H44O12/c1-25(38)48-31-19-11-9-17-29(31)35(42)46-23-37(21-44-33(40)27-13-5-3-6-14-27,22-45-34(41)28-15-7-4-8-16-28)24-47-36(43)30-18-10-12-20-32(30)49-26(2)39/h9-12,17-20,27-28H,3-8,13-16,21-24H2,1-2H3. The summed E-state index contributed by atoms with van der Waals surface area (Å²) in [5.41, 5.74) is -1.62. The van der Waals surface area contributed by atoms with Gasteiger partial charge in [-0.2, -0.15) is 0 Å². The molecule has 0 heterocycles. The lowest BCUT2D eigenvalue weighted by atomic mass is 9.88. The van der Waals surface area contributed by atoms with Gasteiger partial charge in [0.2, 0.25) is 0 Å². The summed E-state index contributed by atoms with van der Waals surface area (Å²) >= 11 is 0. The van der Waals surface area contributed by atoms with Crippen LogP contribution in [0.4, 0.5) is 0 Å². The van der Waals surface area contributed by atoms with Crippen LogP contribution in [0.2, 0.25) is 0 Å². The van der Waals surface area contributed by atoms with Crippen LogP contribution < -0.4 is 9.47 Å². The molecule has 12 heteroatoms. The molecule has 0 spiro atoms. The second kappa shape index (κ2) is 18.1. The molecular weight excluding hydrogens is 636 g/mol. The Balaban J connectivity index is 1.62. The van der Waals surface area contributed by atoms with E-state index in [4.69, 9.17) is 28.4 Å². The zero-order chi connectivity index (χ0) is 35.2. The fourth-order valence-electron chi connectivity index (χ4n) is 5.96. The van der Waals surface area contributed by atoms with Gasteiger partial charge >= 0.3 is 35.8 Å². The first-order valence-corrected chi connectivity index (χ1v) is 16.8. The van der Waals surface area contributed by atoms with Gasteiger partial charge < -0.3 is 28.4 Å². The van der Waals surface area contributed by atoms with Crippen molar-refractivity contribution in [3.8, 4) is 11.5 Å². The third-order valence-corrected chi connectivity index (χ3v) is 8.66. The predicted molar refractivity (Wildman–Crippen MR) is 174 cm³/mol. The summed E-state index contributed by atoms with van der Waals surface area (Å²) in [6.45, 7) is 0.574.